The van der Waals surface area contributed by atoms with Crippen LogP contribution in [0.2, 0.25) is 0 Å². The zero-order valence-corrected chi connectivity index (χ0v) is 11.6. The van der Waals surface area contributed by atoms with Gasteiger partial charge in [0.2, 0.25) is 0 Å². The molecule has 3 heteroatoms. The van der Waals surface area contributed by atoms with Gasteiger partial charge in [-0.15, -0.1) is 0 Å². The van der Waals surface area contributed by atoms with Crippen LogP contribution in [0.5, 0.6) is 5.75 Å². The van der Waals surface area contributed by atoms with Gasteiger partial charge in [-0.1, -0.05) is 24.6 Å². The van der Waals surface area contributed by atoms with E-state index in [1.807, 2.05) is 13.0 Å². The lowest BCUT2D eigenvalue weighted by molar-refractivity contribution is 0.161. The Balaban J connectivity index is 2.98. The van der Waals surface area contributed by atoms with E-state index in [-0.39, 0.29) is 0 Å². The number of benzene rings is 1. The van der Waals surface area contributed by atoms with E-state index in [9.17, 15) is 5.11 Å². The van der Waals surface area contributed by atoms with Crippen LogP contribution in [0.4, 0.5) is 0 Å². The smallest absolute Gasteiger partial charge is 0.122 e. The van der Waals surface area contributed by atoms with Crippen molar-refractivity contribution in [3.05, 3.63) is 29.3 Å². The van der Waals surface area contributed by atoms with E-state index in [1.165, 1.54) is 11.1 Å². The SMILES string of the molecule is CCOc1ccc(C)cc1C(CC)CC(O)CN. The van der Waals surface area contributed by atoms with Crippen molar-refractivity contribution in [3.63, 3.8) is 0 Å². The number of hydrogen-bond acceptors (Lipinski definition) is 3. The third-order valence-corrected chi connectivity index (χ3v) is 3.23. The predicted octanol–water partition coefficient (Wildman–Crippen LogP) is 2.60. The fourth-order valence-corrected chi connectivity index (χ4v) is 2.21. The minimum atomic E-state index is -0.440. The molecule has 18 heavy (non-hydrogen) atoms. The number of aliphatic hydroxyl groups is 1. The van der Waals surface area contributed by atoms with Crippen molar-refractivity contribution in [2.24, 2.45) is 5.73 Å². The maximum Gasteiger partial charge on any atom is 0.122 e. The van der Waals surface area contributed by atoms with Gasteiger partial charge < -0.3 is 15.6 Å². The summed E-state index contributed by atoms with van der Waals surface area (Å²) in [5.74, 6) is 1.23. The molecule has 0 fully saturated rings. The summed E-state index contributed by atoms with van der Waals surface area (Å²) in [6.07, 6.45) is 1.22. The van der Waals surface area contributed by atoms with Crippen LogP contribution in [0.15, 0.2) is 18.2 Å². The third kappa shape index (κ3) is 4.00. The van der Waals surface area contributed by atoms with E-state index in [0.29, 0.717) is 25.5 Å². The van der Waals surface area contributed by atoms with Gasteiger partial charge in [0.05, 0.1) is 12.7 Å². The van der Waals surface area contributed by atoms with Gasteiger partial charge in [0.15, 0.2) is 0 Å². The molecule has 1 aromatic carbocycles. The van der Waals surface area contributed by atoms with Crippen LogP contribution in [0.25, 0.3) is 0 Å². The normalized spacial score (nSPS) is 14.3. The molecule has 1 rings (SSSR count). The molecule has 0 heterocycles. The largest absolute Gasteiger partial charge is 0.494 e. The molecule has 3 N–H and O–H groups in total. The van der Waals surface area contributed by atoms with Crippen molar-refractivity contribution in [1.29, 1.82) is 0 Å². The number of rotatable bonds is 7. The molecule has 0 amide bonds. The topological polar surface area (TPSA) is 55.5 Å². The Morgan fingerprint density at radius 2 is 2.06 bits per heavy atom. The molecule has 0 aliphatic heterocycles. The Kier molecular flexibility index (Phi) is 6.16. The molecule has 1 aromatic rings. The van der Waals surface area contributed by atoms with Crippen LogP contribution in [0.3, 0.4) is 0 Å². The summed E-state index contributed by atoms with van der Waals surface area (Å²) in [6, 6.07) is 6.23. The van der Waals surface area contributed by atoms with E-state index in [1.54, 1.807) is 0 Å². The van der Waals surface area contributed by atoms with Crippen LogP contribution >= 0.6 is 0 Å². The molecule has 102 valence electrons. The Labute approximate surface area is 110 Å². The Morgan fingerprint density at radius 1 is 1.33 bits per heavy atom. The highest BCUT2D eigenvalue weighted by molar-refractivity contribution is 5.39. The summed E-state index contributed by atoms with van der Waals surface area (Å²) >= 11 is 0. The molecule has 2 unspecified atom stereocenters. The maximum absolute atomic E-state index is 9.75. The van der Waals surface area contributed by atoms with Gasteiger partial charge in [-0.2, -0.15) is 0 Å². The van der Waals surface area contributed by atoms with Crippen LogP contribution in [0.1, 0.15) is 43.7 Å². The van der Waals surface area contributed by atoms with Gasteiger partial charge in [-0.25, -0.2) is 0 Å². The van der Waals surface area contributed by atoms with Crippen LogP contribution in [-0.2, 0) is 0 Å². The molecule has 3 nitrogen and oxygen atoms in total. The number of ether oxygens (including phenoxy) is 1. The van der Waals surface area contributed by atoms with Crippen LogP contribution in [-0.4, -0.2) is 24.4 Å². The molecule has 0 saturated heterocycles. The number of aryl methyl sites for hydroxylation is 1. The summed E-state index contributed by atoms with van der Waals surface area (Å²) in [5, 5.41) is 9.75. The van der Waals surface area contributed by atoms with Crippen molar-refractivity contribution < 1.29 is 9.84 Å². The Morgan fingerprint density at radius 3 is 2.61 bits per heavy atom. The minimum Gasteiger partial charge on any atom is -0.494 e. The lowest BCUT2D eigenvalue weighted by Gasteiger charge is -2.21. The number of aliphatic hydroxyl groups excluding tert-OH is 1. The van der Waals surface area contributed by atoms with E-state index in [2.05, 4.69) is 26.0 Å². The van der Waals surface area contributed by atoms with Crippen molar-refractivity contribution in [3.8, 4) is 5.75 Å². The van der Waals surface area contributed by atoms with Gasteiger partial charge >= 0.3 is 0 Å². The third-order valence-electron chi connectivity index (χ3n) is 3.23. The summed E-state index contributed by atoms with van der Waals surface area (Å²) in [7, 11) is 0. The molecule has 0 spiro atoms. The Hall–Kier alpha value is -1.06. The first-order valence-corrected chi connectivity index (χ1v) is 6.73. The lowest BCUT2D eigenvalue weighted by Crippen LogP contribution is -2.22. The number of hydrogen-bond donors (Lipinski definition) is 2. The van der Waals surface area contributed by atoms with E-state index >= 15 is 0 Å². The van der Waals surface area contributed by atoms with Crippen molar-refractivity contribution in [1.82, 2.24) is 0 Å². The molecule has 2 atom stereocenters. The minimum absolute atomic E-state index is 0.296. The van der Waals surface area contributed by atoms with Crippen LogP contribution in [0, 0.1) is 6.92 Å². The zero-order valence-electron chi connectivity index (χ0n) is 11.6. The van der Waals surface area contributed by atoms with Gasteiger partial charge in [-0.3, -0.25) is 0 Å². The molecule has 0 aliphatic rings. The maximum atomic E-state index is 9.75. The number of nitrogens with two attached hydrogens (primary N) is 1. The first-order valence-electron chi connectivity index (χ1n) is 6.73. The highest BCUT2D eigenvalue weighted by atomic mass is 16.5. The summed E-state index contributed by atoms with van der Waals surface area (Å²) in [4.78, 5) is 0. The van der Waals surface area contributed by atoms with E-state index in [0.717, 1.165) is 12.2 Å². The van der Waals surface area contributed by atoms with E-state index in [4.69, 9.17) is 10.5 Å². The standard InChI is InChI=1S/C15H25NO2/c1-4-12(9-13(17)10-16)14-8-11(3)6-7-15(14)18-5-2/h6-8,12-13,17H,4-5,9-10,16H2,1-3H3. The van der Waals surface area contributed by atoms with Gasteiger partial charge in [0.1, 0.15) is 5.75 Å². The van der Waals surface area contributed by atoms with Crippen molar-refractivity contribution in [2.45, 2.75) is 45.6 Å². The Bertz CT molecular complexity index is 366. The van der Waals surface area contributed by atoms with Gasteiger partial charge in [0.25, 0.3) is 0 Å². The molecule has 0 aromatic heterocycles. The second kappa shape index (κ2) is 7.39. The molecule has 0 aliphatic carbocycles. The highest BCUT2D eigenvalue weighted by Gasteiger charge is 2.18. The van der Waals surface area contributed by atoms with E-state index < -0.39 is 6.10 Å². The van der Waals surface area contributed by atoms with Crippen LogP contribution < -0.4 is 10.5 Å². The first-order chi connectivity index (χ1) is 8.62. The average molecular weight is 251 g/mol. The predicted molar refractivity (Wildman–Crippen MR) is 75.1 cm³/mol. The first kappa shape index (κ1) is 15.0. The second-order valence-corrected chi connectivity index (χ2v) is 4.70. The summed E-state index contributed by atoms with van der Waals surface area (Å²) in [6.45, 7) is 7.16. The molecular formula is C15H25NO2. The lowest BCUT2D eigenvalue weighted by atomic mass is 9.89. The summed E-state index contributed by atoms with van der Waals surface area (Å²) in [5.41, 5.74) is 7.90. The fourth-order valence-electron chi connectivity index (χ4n) is 2.21. The zero-order chi connectivity index (χ0) is 13.5. The molecule has 0 bridgehead atoms. The monoisotopic (exact) mass is 251 g/mol. The highest BCUT2D eigenvalue weighted by Crippen LogP contribution is 2.33. The molecular weight excluding hydrogens is 226 g/mol. The second-order valence-electron chi connectivity index (χ2n) is 4.70. The summed E-state index contributed by atoms with van der Waals surface area (Å²) < 4.78 is 5.68. The fraction of sp³-hybridized carbons (Fsp3) is 0.600. The quantitative estimate of drug-likeness (QED) is 0.783. The van der Waals surface area contributed by atoms with Gasteiger partial charge in [0, 0.05) is 6.54 Å². The average Bonchev–Trinajstić information content (AvgIpc) is 2.38. The molecule has 0 saturated carbocycles. The van der Waals surface area contributed by atoms with Gasteiger partial charge in [-0.05, 0) is 44.2 Å². The van der Waals surface area contributed by atoms with Crippen molar-refractivity contribution >= 4 is 0 Å². The van der Waals surface area contributed by atoms with Crippen molar-refractivity contribution in [2.75, 3.05) is 13.2 Å². The molecule has 0 radical (unpaired) electrons.